The third-order valence-corrected chi connectivity index (χ3v) is 7.13. The van der Waals surface area contributed by atoms with Crippen LogP contribution in [0.5, 0.6) is 11.5 Å². The predicted molar refractivity (Wildman–Crippen MR) is 148 cm³/mol. The van der Waals surface area contributed by atoms with Gasteiger partial charge in [0, 0.05) is 29.2 Å². The molecule has 0 saturated carbocycles. The Morgan fingerprint density at radius 3 is 2.35 bits per heavy atom. The summed E-state index contributed by atoms with van der Waals surface area (Å²) in [6.07, 6.45) is 2.31. The van der Waals surface area contributed by atoms with Crippen molar-refractivity contribution in [2.75, 3.05) is 27.9 Å². The molecule has 1 amide bonds. The Hall–Kier alpha value is -5.05. The van der Waals surface area contributed by atoms with Crippen LogP contribution >= 0.6 is 0 Å². The van der Waals surface area contributed by atoms with Gasteiger partial charge >= 0.3 is 5.97 Å². The Kier molecular flexibility index (Phi) is 7.29. The number of hydrogen-bond donors (Lipinski definition) is 2. The molecule has 0 bridgehead atoms. The van der Waals surface area contributed by atoms with Gasteiger partial charge in [0.15, 0.2) is 0 Å². The fraction of sp³-hybridized carbons (Fsp3) is 0.194. The molecule has 2 N–H and O–H groups in total. The van der Waals surface area contributed by atoms with E-state index in [1.165, 1.54) is 19.1 Å². The number of likely N-dealkylation sites (tertiary alicyclic amines) is 1. The van der Waals surface area contributed by atoms with Gasteiger partial charge in [-0.15, -0.1) is 0 Å². The first-order valence-electron chi connectivity index (χ1n) is 12.6. The van der Waals surface area contributed by atoms with Gasteiger partial charge in [-0.05, 0) is 60.0 Å². The maximum atomic E-state index is 13.4. The number of carbonyl (C=O) groups excluding carboxylic acids is 3. The number of nitrogens with one attached hydrogen (secondary N) is 1. The van der Waals surface area contributed by atoms with Crippen molar-refractivity contribution in [3.63, 3.8) is 0 Å². The number of aliphatic hydroxyl groups is 1. The van der Waals surface area contributed by atoms with Gasteiger partial charge in [-0.25, -0.2) is 4.79 Å². The number of aromatic amines is 1. The Morgan fingerprint density at radius 2 is 1.65 bits per heavy atom. The molecule has 2 heterocycles. The van der Waals surface area contributed by atoms with Gasteiger partial charge < -0.3 is 29.2 Å². The number of ketones is 1. The SMILES string of the molecule is COC(=O)c1ccc([C@H]2C(=C(O)c3cccc(OC)c3)C(=O)C(=O)N2CCc2c[nH]c3ccc(OC)cc23)cc1. The Labute approximate surface area is 230 Å². The number of hydrogen-bond acceptors (Lipinski definition) is 7. The van der Waals surface area contributed by atoms with E-state index in [9.17, 15) is 19.5 Å². The molecule has 1 fully saturated rings. The maximum Gasteiger partial charge on any atom is 0.337 e. The van der Waals surface area contributed by atoms with Crippen LogP contribution < -0.4 is 9.47 Å². The van der Waals surface area contributed by atoms with Crippen LogP contribution in [0.4, 0.5) is 0 Å². The predicted octanol–water partition coefficient (Wildman–Crippen LogP) is 4.64. The van der Waals surface area contributed by atoms with E-state index in [-0.39, 0.29) is 17.9 Å². The summed E-state index contributed by atoms with van der Waals surface area (Å²) in [5, 5.41) is 12.3. The summed E-state index contributed by atoms with van der Waals surface area (Å²) in [4.78, 5) is 43.5. The molecule has 40 heavy (non-hydrogen) atoms. The number of rotatable bonds is 8. The minimum Gasteiger partial charge on any atom is -0.507 e. The summed E-state index contributed by atoms with van der Waals surface area (Å²) in [6, 6.07) is 17.9. The molecule has 4 aromatic rings. The van der Waals surface area contributed by atoms with Crippen molar-refractivity contribution >= 4 is 34.3 Å². The molecule has 9 heteroatoms. The van der Waals surface area contributed by atoms with E-state index in [4.69, 9.17) is 14.2 Å². The van der Waals surface area contributed by atoms with Crippen LogP contribution in [0, 0.1) is 0 Å². The highest BCUT2D eigenvalue weighted by Crippen LogP contribution is 2.40. The molecule has 1 saturated heterocycles. The lowest BCUT2D eigenvalue weighted by atomic mass is 9.94. The first-order chi connectivity index (χ1) is 19.4. The highest BCUT2D eigenvalue weighted by Gasteiger charge is 2.46. The van der Waals surface area contributed by atoms with Gasteiger partial charge in [-0.2, -0.15) is 0 Å². The lowest BCUT2D eigenvalue weighted by molar-refractivity contribution is -0.139. The van der Waals surface area contributed by atoms with E-state index in [2.05, 4.69) is 4.98 Å². The van der Waals surface area contributed by atoms with Crippen LogP contribution in [0.1, 0.15) is 33.1 Å². The number of esters is 1. The first-order valence-corrected chi connectivity index (χ1v) is 12.6. The largest absolute Gasteiger partial charge is 0.507 e. The van der Waals surface area contributed by atoms with Crippen molar-refractivity contribution in [3.8, 4) is 11.5 Å². The lowest BCUT2D eigenvalue weighted by Crippen LogP contribution is -2.31. The molecule has 0 aliphatic carbocycles. The van der Waals surface area contributed by atoms with Crippen molar-refractivity contribution in [3.05, 3.63) is 101 Å². The number of aliphatic hydroxyl groups excluding tert-OH is 1. The highest BCUT2D eigenvalue weighted by atomic mass is 16.5. The number of methoxy groups -OCH3 is 3. The Morgan fingerprint density at radius 1 is 0.925 bits per heavy atom. The average molecular weight is 541 g/mol. The standard InChI is InChI=1S/C31H28N2O7/c1-38-22-6-4-5-20(15-22)28(34)26-27(18-7-9-19(10-8-18)31(37)40-3)33(30(36)29(26)35)14-13-21-17-32-25-12-11-23(39-2)16-24(21)25/h4-12,15-17,27,32,34H,13-14H2,1-3H3/t27-/m0/s1. The number of aromatic nitrogens is 1. The smallest absolute Gasteiger partial charge is 0.337 e. The van der Waals surface area contributed by atoms with E-state index in [0.29, 0.717) is 34.6 Å². The number of H-pyrrole nitrogens is 1. The van der Waals surface area contributed by atoms with Crippen LogP contribution in [0.25, 0.3) is 16.7 Å². The molecule has 1 aliphatic heterocycles. The molecule has 0 radical (unpaired) electrons. The second-order valence-electron chi connectivity index (χ2n) is 9.31. The quantitative estimate of drug-likeness (QED) is 0.145. The summed E-state index contributed by atoms with van der Waals surface area (Å²) in [5.74, 6) is -1.12. The van der Waals surface area contributed by atoms with Gasteiger partial charge in [0.2, 0.25) is 0 Å². The van der Waals surface area contributed by atoms with Gasteiger partial charge in [-0.3, -0.25) is 9.59 Å². The van der Waals surface area contributed by atoms with E-state index in [1.807, 2.05) is 24.4 Å². The fourth-order valence-electron chi connectivity index (χ4n) is 5.03. The van der Waals surface area contributed by atoms with Crippen LogP contribution in [0.15, 0.2) is 78.5 Å². The second kappa shape index (κ2) is 11.0. The monoisotopic (exact) mass is 540 g/mol. The molecular weight excluding hydrogens is 512 g/mol. The highest BCUT2D eigenvalue weighted by molar-refractivity contribution is 6.46. The van der Waals surface area contributed by atoms with Crippen LogP contribution in [-0.4, -0.2) is 60.5 Å². The minimum atomic E-state index is -0.877. The zero-order valence-corrected chi connectivity index (χ0v) is 22.3. The molecule has 3 aromatic carbocycles. The van der Waals surface area contributed by atoms with Gasteiger partial charge in [0.05, 0.1) is 38.5 Å². The van der Waals surface area contributed by atoms with Gasteiger partial charge in [0.1, 0.15) is 17.3 Å². The zero-order valence-electron chi connectivity index (χ0n) is 22.3. The topological polar surface area (TPSA) is 118 Å². The third kappa shape index (κ3) is 4.77. The Bertz CT molecular complexity index is 1640. The van der Waals surface area contributed by atoms with Crippen molar-refractivity contribution < 1.29 is 33.7 Å². The number of amides is 1. The van der Waals surface area contributed by atoms with Crippen LogP contribution in [-0.2, 0) is 20.7 Å². The number of fused-ring (bicyclic) bond motifs is 1. The minimum absolute atomic E-state index is 0.0373. The Balaban J connectivity index is 1.57. The van der Waals surface area contributed by atoms with Crippen molar-refractivity contribution in [1.82, 2.24) is 9.88 Å². The summed E-state index contributed by atoms with van der Waals surface area (Å²) >= 11 is 0. The fourth-order valence-corrected chi connectivity index (χ4v) is 5.03. The molecule has 1 atom stereocenters. The number of benzene rings is 3. The lowest BCUT2D eigenvalue weighted by Gasteiger charge is -2.25. The molecule has 9 nitrogen and oxygen atoms in total. The number of nitrogens with zero attached hydrogens (tertiary/aromatic N) is 1. The summed E-state index contributed by atoms with van der Waals surface area (Å²) in [6.45, 7) is 0.201. The van der Waals surface area contributed by atoms with E-state index in [0.717, 1.165) is 16.5 Å². The maximum absolute atomic E-state index is 13.4. The number of Topliss-reactive ketones (excluding diaryl/α,β-unsaturated/α-hetero) is 1. The number of carbonyl (C=O) groups is 3. The second-order valence-corrected chi connectivity index (χ2v) is 9.31. The van der Waals surface area contributed by atoms with Gasteiger partial charge in [-0.1, -0.05) is 24.3 Å². The molecule has 5 rings (SSSR count). The summed E-state index contributed by atoms with van der Waals surface area (Å²) in [5.41, 5.74) is 3.07. The summed E-state index contributed by atoms with van der Waals surface area (Å²) in [7, 11) is 4.39. The first kappa shape index (κ1) is 26.6. The normalized spacial score (nSPS) is 16.4. The van der Waals surface area contributed by atoms with Crippen molar-refractivity contribution in [1.29, 1.82) is 0 Å². The van der Waals surface area contributed by atoms with Gasteiger partial charge in [0.25, 0.3) is 11.7 Å². The molecule has 204 valence electrons. The molecule has 1 aromatic heterocycles. The molecular formula is C31H28N2O7. The summed E-state index contributed by atoms with van der Waals surface area (Å²) < 4.78 is 15.4. The number of ether oxygens (including phenoxy) is 3. The van der Waals surface area contributed by atoms with Crippen LogP contribution in [0.3, 0.4) is 0 Å². The van der Waals surface area contributed by atoms with Crippen molar-refractivity contribution in [2.24, 2.45) is 0 Å². The zero-order chi connectivity index (χ0) is 28.4. The van der Waals surface area contributed by atoms with E-state index in [1.54, 1.807) is 55.6 Å². The molecule has 0 unspecified atom stereocenters. The third-order valence-electron chi connectivity index (χ3n) is 7.13. The average Bonchev–Trinajstić information content (AvgIpc) is 3.52. The van der Waals surface area contributed by atoms with E-state index >= 15 is 0 Å². The van der Waals surface area contributed by atoms with E-state index < -0.39 is 23.7 Å². The van der Waals surface area contributed by atoms with Crippen LogP contribution in [0.2, 0.25) is 0 Å². The molecule has 0 spiro atoms. The van der Waals surface area contributed by atoms with Crippen molar-refractivity contribution in [2.45, 2.75) is 12.5 Å². The molecule has 1 aliphatic rings.